The standard InChI is InChI=1S/C26H22F3N3O3S.CH4/c1-13(2)9-22(25(34)35)30-24(33)17-6-3-14(10-18(17)28)15-4-7-20(19(29)11-15)31-26-32-21-8-5-16(27)12-23(21)36-26;/h3-8,10-13,22H,9H2,1-2H3,(H,30,33)(H,31,32)(H,34,35);1H4/t22-;/m0./s1. The fraction of sp³-hybridized carbons (Fsp3) is 0.222. The summed E-state index contributed by atoms with van der Waals surface area (Å²) in [6, 6.07) is 11.1. The topological polar surface area (TPSA) is 91.3 Å². The van der Waals surface area contributed by atoms with Crippen molar-refractivity contribution in [2.24, 2.45) is 5.92 Å². The lowest BCUT2D eigenvalue weighted by molar-refractivity contribution is -0.139. The van der Waals surface area contributed by atoms with E-state index in [0.29, 0.717) is 26.5 Å². The first kappa shape index (κ1) is 27.7. The van der Waals surface area contributed by atoms with Crippen LogP contribution in [0.1, 0.15) is 38.1 Å². The summed E-state index contributed by atoms with van der Waals surface area (Å²) in [6.07, 6.45) is 0.203. The Hall–Kier alpha value is -3.92. The van der Waals surface area contributed by atoms with Gasteiger partial charge in [0.2, 0.25) is 0 Å². The van der Waals surface area contributed by atoms with Crippen LogP contribution >= 0.6 is 11.3 Å². The zero-order valence-corrected chi connectivity index (χ0v) is 20.1. The predicted octanol–water partition coefficient (Wildman–Crippen LogP) is 6.99. The van der Waals surface area contributed by atoms with Crippen LogP contribution in [0.4, 0.5) is 24.0 Å². The Bertz CT molecular complexity index is 1460. The molecule has 0 spiro atoms. The number of anilines is 2. The molecule has 4 rings (SSSR count). The average Bonchev–Trinajstić information content (AvgIpc) is 3.20. The van der Waals surface area contributed by atoms with E-state index in [1.165, 1.54) is 53.8 Å². The maximum absolute atomic E-state index is 14.8. The second-order valence-electron chi connectivity index (χ2n) is 8.64. The highest BCUT2D eigenvalue weighted by Gasteiger charge is 2.23. The Morgan fingerprint density at radius 1 is 0.973 bits per heavy atom. The smallest absolute Gasteiger partial charge is 0.326 e. The second-order valence-corrected chi connectivity index (χ2v) is 9.67. The number of carboxylic acid groups (broad SMARTS) is 1. The molecule has 0 bridgehead atoms. The molecule has 0 aliphatic carbocycles. The first-order chi connectivity index (χ1) is 17.1. The largest absolute Gasteiger partial charge is 0.480 e. The molecule has 0 saturated carbocycles. The van der Waals surface area contributed by atoms with E-state index in [4.69, 9.17) is 0 Å². The van der Waals surface area contributed by atoms with Crippen LogP contribution < -0.4 is 10.6 Å². The van der Waals surface area contributed by atoms with Gasteiger partial charge in [-0.3, -0.25) is 4.79 Å². The van der Waals surface area contributed by atoms with Gasteiger partial charge in [-0.05, 0) is 65.9 Å². The molecule has 37 heavy (non-hydrogen) atoms. The zero-order chi connectivity index (χ0) is 26.0. The van der Waals surface area contributed by atoms with Crippen molar-refractivity contribution in [1.29, 1.82) is 0 Å². The number of nitrogens with zero attached hydrogens (tertiary/aromatic N) is 1. The number of hydrogen-bond acceptors (Lipinski definition) is 5. The van der Waals surface area contributed by atoms with Crippen LogP contribution in [0.15, 0.2) is 54.6 Å². The van der Waals surface area contributed by atoms with Crippen LogP contribution in [0.3, 0.4) is 0 Å². The summed E-state index contributed by atoms with van der Waals surface area (Å²) in [5, 5.41) is 14.9. The summed E-state index contributed by atoms with van der Waals surface area (Å²) < 4.78 is 43.6. The number of carboxylic acids is 1. The summed E-state index contributed by atoms with van der Waals surface area (Å²) in [4.78, 5) is 28.2. The number of fused-ring (bicyclic) bond motifs is 1. The van der Waals surface area contributed by atoms with E-state index in [0.717, 1.165) is 6.07 Å². The number of benzene rings is 3. The summed E-state index contributed by atoms with van der Waals surface area (Å²) >= 11 is 1.18. The molecule has 6 nitrogen and oxygen atoms in total. The van der Waals surface area contributed by atoms with Gasteiger partial charge in [-0.2, -0.15) is 0 Å². The quantitative estimate of drug-likeness (QED) is 0.229. The maximum atomic E-state index is 14.8. The first-order valence-electron chi connectivity index (χ1n) is 11.1. The number of aliphatic carboxylic acids is 1. The van der Waals surface area contributed by atoms with E-state index >= 15 is 0 Å². The van der Waals surface area contributed by atoms with Crippen LogP contribution in [0.5, 0.6) is 0 Å². The molecule has 1 atom stereocenters. The highest BCUT2D eigenvalue weighted by molar-refractivity contribution is 7.22. The van der Waals surface area contributed by atoms with E-state index in [-0.39, 0.29) is 36.8 Å². The van der Waals surface area contributed by atoms with Gasteiger partial charge in [-0.25, -0.2) is 22.9 Å². The van der Waals surface area contributed by atoms with Crippen molar-refractivity contribution < 1.29 is 27.9 Å². The Kier molecular flexibility index (Phi) is 8.54. The van der Waals surface area contributed by atoms with Crippen LogP contribution in [0, 0.1) is 23.4 Å². The van der Waals surface area contributed by atoms with Crippen molar-refractivity contribution in [3.05, 3.63) is 77.6 Å². The fourth-order valence-electron chi connectivity index (χ4n) is 3.67. The number of rotatable bonds is 8. The molecule has 0 radical (unpaired) electrons. The van der Waals surface area contributed by atoms with Gasteiger partial charge in [-0.15, -0.1) is 0 Å². The highest BCUT2D eigenvalue weighted by Crippen LogP contribution is 2.31. The Balaban J connectivity index is 0.00000380. The highest BCUT2D eigenvalue weighted by atomic mass is 32.1. The Morgan fingerprint density at radius 3 is 2.27 bits per heavy atom. The number of carbonyl (C=O) groups is 2. The number of thiazole rings is 1. The van der Waals surface area contributed by atoms with Crippen molar-refractivity contribution in [3.8, 4) is 11.1 Å². The van der Waals surface area contributed by atoms with Gasteiger partial charge in [0.1, 0.15) is 23.5 Å². The van der Waals surface area contributed by atoms with E-state index in [2.05, 4.69) is 15.6 Å². The van der Waals surface area contributed by atoms with E-state index in [1.54, 1.807) is 6.07 Å². The molecule has 1 amide bonds. The summed E-state index contributed by atoms with van der Waals surface area (Å²) in [6.45, 7) is 3.63. The second kappa shape index (κ2) is 11.4. The summed E-state index contributed by atoms with van der Waals surface area (Å²) in [7, 11) is 0. The fourth-order valence-corrected chi connectivity index (χ4v) is 4.57. The molecule has 0 unspecified atom stereocenters. The number of carbonyl (C=O) groups excluding carboxylic acids is 1. The normalized spacial score (nSPS) is 11.7. The lowest BCUT2D eigenvalue weighted by atomic mass is 10.0. The molecule has 1 heterocycles. The molecule has 0 saturated heterocycles. The zero-order valence-electron chi connectivity index (χ0n) is 19.3. The van der Waals surface area contributed by atoms with E-state index in [1.807, 2.05) is 13.8 Å². The monoisotopic (exact) mass is 529 g/mol. The van der Waals surface area contributed by atoms with Crippen molar-refractivity contribution >= 4 is 44.2 Å². The third kappa shape index (κ3) is 6.45. The molecular formula is C27H26F3N3O3S. The summed E-state index contributed by atoms with van der Waals surface area (Å²) in [5.74, 6) is -3.88. The van der Waals surface area contributed by atoms with Gasteiger partial charge in [-0.1, -0.05) is 44.7 Å². The molecule has 4 aromatic rings. The van der Waals surface area contributed by atoms with Crippen LogP contribution in [0.25, 0.3) is 21.3 Å². The van der Waals surface area contributed by atoms with Crippen molar-refractivity contribution in [2.75, 3.05) is 5.32 Å². The SMILES string of the molecule is C.CC(C)C[C@H](NC(=O)c1ccc(-c2ccc(Nc3nc4ccc(F)cc4s3)c(F)c2)cc1F)C(=O)O. The van der Waals surface area contributed by atoms with Gasteiger partial charge < -0.3 is 15.7 Å². The van der Waals surface area contributed by atoms with Gasteiger partial charge in [0, 0.05) is 0 Å². The minimum absolute atomic E-state index is 0. The number of halogens is 3. The van der Waals surface area contributed by atoms with Crippen molar-refractivity contribution in [3.63, 3.8) is 0 Å². The average molecular weight is 530 g/mol. The molecule has 3 aromatic carbocycles. The van der Waals surface area contributed by atoms with Crippen molar-refractivity contribution in [1.82, 2.24) is 10.3 Å². The number of amides is 1. The van der Waals surface area contributed by atoms with Crippen LogP contribution in [0.2, 0.25) is 0 Å². The number of nitrogens with one attached hydrogen (secondary N) is 2. The Labute approximate surface area is 216 Å². The Morgan fingerprint density at radius 2 is 1.65 bits per heavy atom. The first-order valence-corrected chi connectivity index (χ1v) is 11.9. The third-order valence-electron chi connectivity index (χ3n) is 5.42. The predicted molar refractivity (Wildman–Crippen MR) is 140 cm³/mol. The van der Waals surface area contributed by atoms with Crippen molar-refractivity contribution in [2.45, 2.75) is 33.7 Å². The van der Waals surface area contributed by atoms with Gasteiger partial charge in [0.25, 0.3) is 5.91 Å². The van der Waals surface area contributed by atoms with Crippen LogP contribution in [-0.2, 0) is 4.79 Å². The molecule has 0 aliphatic rings. The minimum atomic E-state index is -1.20. The molecule has 3 N–H and O–H groups in total. The lowest BCUT2D eigenvalue weighted by Gasteiger charge is -2.17. The maximum Gasteiger partial charge on any atom is 0.326 e. The van der Waals surface area contributed by atoms with Crippen LogP contribution in [-0.4, -0.2) is 28.0 Å². The molecular weight excluding hydrogens is 503 g/mol. The lowest BCUT2D eigenvalue weighted by Crippen LogP contribution is -2.41. The van der Waals surface area contributed by atoms with E-state index in [9.17, 15) is 27.9 Å². The number of aromatic nitrogens is 1. The van der Waals surface area contributed by atoms with E-state index < -0.39 is 29.6 Å². The van der Waals surface area contributed by atoms with Gasteiger partial charge in [0.05, 0.1) is 21.5 Å². The van der Waals surface area contributed by atoms with Gasteiger partial charge >= 0.3 is 5.97 Å². The summed E-state index contributed by atoms with van der Waals surface area (Å²) in [5.41, 5.74) is 1.12. The minimum Gasteiger partial charge on any atom is -0.480 e. The molecule has 0 fully saturated rings. The molecule has 194 valence electrons. The number of hydrogen-bond donors (Lipinski definition) is 3. The molecule has 10 heteroatoms. The molecule has 1 aromatic heterocycles. The van der Waals surface area contributed by atoms with Gasteiger partial charge in [0.15, 0.2) is 5.13 Å². The molecule has 0 aliphatic heterocycles. The third-order valence-corrected chi connectivity index (χ3v) is 6.35.